The van der Waals surface area contributed by atoms with Crippen LogP contribution in [0.15, 0.2) is 35.0 Å². The van der Waals surface area contributed by atoms with Gasteiger partial charge in [0.25, 0.3) is 0 Å². The molecule has 0 spiro atoms. The highest BCUT2D eigenvalue weighted by Crippen LogP contribution is 2.45. The van der Waals surface area contributed by atoms with Gasteiger partial charge < -0.3 is 10.5 Å². The maximum Gasteiger partial charge on any atom is 0.416 e. The summed E-state index contributed by atoms with van der Waals surface area (Å²) in [6.07, 6.45) is 3.79. The molecule has 2 N–H and O–H groups in total. The fourth-order valence-corrected chi connectivity index (χ4v) is 5.70. The van der Waals surface area contributed by atoms with E-state index in [1.165, 1.54) is 17.5 Å². The molecule has 3 aromatic rings. The van der Waals surface area contributed by atoms with E-state index in [2.05, 4.69) is 4.99 Å². The van der Waals surface area contributed by atoms with Crippen LogP contribution in [0, 0.1) is 5.82 Å². The van der Waals surface area contributed by atoms with E-state index < -0.39 is 17.6 Å². The Hall–Kier alpha value is -2.92. The maximum absolute atomic E-state index is 15.1. The summed E-state index contributed by atoms with van der Waals surface area (Å²) in [7, 11) is 0. The van der Waals surface area contributed by atoms with Crippen molar-refractivity contribution in [2.45, 2.75) is 68.7 Å². The molecule has 1 aromatic carbocycles. The number of hydrogen-bond donors (Lipinski definition) is 1. The molecule has 2 aliphatic carbocycles. The second-order valence-electron chi connectivity index (χ2n) is 9.86. The molecule has 37 heavy (non-hydrogen) atoms. The van der Waals surface area contributed by atoms with Crippen molar-refractivity contribution in [1.29, 1.82) is 0 Å². The number of halogens is 4. The van der Waals surface area contributed by atoms with Gasteiger partial charge in [0.2, 0.25) is 0 Å². The summed E-state index contributed by atoms with van der Waals surface area (Å²) in [6.45, 7) is 0.458. The number of hydrogen-bond acceptors (Lipinski definition) is 7. The fraction of sp³-hybridized carbons (Fsp3) is 0.462. The number of nitrogens with zero attached hydrogens (tertiary/aromatic N) is 4. The van der Waals surface area contributed by atoms with Crippen LogP contribution in [0.5, 0.6) is 0 Å². The number of benzene rings is 1. The van der Waals surface area contributed by atoms with Gasteiger partial charge >= 0.3 is 6.18 Å². The highest BCUT2D eigenvalue weighted by Gasteiger charge is 2.34. The van der Waals surface area contributed by atoms with Crippen LogP contribution in [0.1, 0.15) is 66.8 Å². The third-order valence-corrected chi connectivity index (χ3v) is 8.17. The fourth-order valence-electron chi connectivity index (χ4n) is 4.52. The molecule has 11 heteroatoms. The summed E-state index contributed by atoms with van der Waals surface area (Å²) in [5.74, 6) is -0.256. The zero-order chi connectivity index (χ0) is 25.7. The number of aromatic nitrogens is 3. The molecule has 6 nitrogen and oxygen atoms in total. The predicted molar refractivity (Wildman–Crippen MR) is 133 cm³/mol. The van der Waals surface area contributed by atoms with Gasteiger partial charge in [0.05, 0.1) is 28.4 Å². The monoisotopic (exact) mass is 531 g/mol. The lowest BCUT2D eigenvalue weighted by Crippen LogP contribution is -2.28. The number of nitrogens with two attached hydrogens (primary N) is 1. The van der Waals surface area contributed by atoms with E-state index in [0.29, 0.717) is 53.6 Å². The first-order valence-corrected chi connectivity index (χ1v) is 13.2. The lowest BCUT2D eigenvalue weighted by molar-refractivity contribution is -0.137. The minimum atomic E-state index is -4.64. The van der Waals surface area contributed by atoms with E-state index in [1.54, 1.807) is 6.21 Å². The van der Waals surface area contributed by atoms with Crippen LogP contribution in [-0.4, -0.2) is 39.9 Å². The molecule has 2 aromatic heterocycles. The third kappa shape index (κ3) is 5.11. The number of alkyl halides is 3. The molecule has 0 unspecified atom stereocenters. The van der Waals surface area contributed by atoms with Crippen LogP contribution in [0.4, 0.5) is 17.6 Å². The van der Waals surface area contributed by atoms with E-state index in [4.69, 9.17) is 25.4 Å². The average molecular weight is 532 g/mol. The average Bonchev–Trinajstić information content (AvgIpc) is 3.82. The van der Waals surface area contributed by atoms with Gasteiger partial charge in [0.15, 0.2) is 5.65 Å². The Labute approximate surface area is 214 Å². The summed E-state index contributed by atoms with van der Waals surface area (Å²) >= 11 is 1.39. The third-order valence-electron chi connectivity index (χ3n) is 6.96. The van der Waals surface area contributed by atoms with Gasteiger partial charge in [0.1, 0.15) is 16.3 Å². The van der Waals surface area contributed by atoms with Crippen molar-refractivity contribution in [3.63, 3.8) is 0 Å². The van der Waals surface area contributed by atoms with Crippen molar-refractivity contribution in [1.82, 2.24) is 15.0 Å². The van der Waals surface area contributed by atoms with Crippen molar-refractivity contribution in [3.8, 4) is 11.3 Å². The molecule has 2 atom stereocenters. The zero-order valence-corrected chi connectivity index (χ0v) is 20.7. The molecule has 0 radical (unpaired) electrons. The molecule has 0 amide bonds. The summed E-state index contributed by atoms with van der Waals surface area (Å²) in [4.78, 5) is 18.7. The number of thiazole rings is 1. The van der Waals surface area contributed by atoms with Gasteiger partial charge in [-0.2, -0.15) is 13.2 Å². The molecule has 2 saturated carbocycles. The molecule has 3 heterocycles. The first-order valence-electron chi connectivity index (χ1n) is 12.4. The summed E-state index contributed by atoms with van der Waals surface area (Å²) in [6, 6.07) is 2.91. The molecular formula is C26H25F4N5OS. The lowest BCUT2D eigenvalue weighted by atomic mass is 9.91. The number of aliphatic imine (C=N–C) groups is 1. The van der Waals surface area contributed by atoms with Gasteiger partial charge in [0, 0.05) is 42.0 Å². The lowest BCUT2D eigenvalue weighted by Gasteiger charge is -2.29. The van der Waals surface area contributed by atoms with E-state index in [0.717, 1.165) is 48.4 Å². The molecule has 1 saturated heterocycles. The highest BCUT2D eigenvalue weighted by molar-refractivity contribution is 7.19. The van der Waals surface area contributed by atoms with Gasteiger partial charge in [-0.15, -0.1) is 11.3 Å². The summed E-state index contributed by atoms with van der Waals surface area (Å²) in [5.41, 5.74) is 6.37. The van der Waals surface area contributed by atoms with Gasteiger partial charge in [-0.3, -0.25) is 4.99 Å². The Morgan fingerprint density at radius 1 is 1.08 bits per heavy atom. The Balaban J connectivity index is 1.38. The quantitative estimate of drug-likeness (QED) is 0.306. The van der Waals surface area contributed by atoms with Crippen molar-refractivity contribution < 1.29 is 22.3 Å². The van der Waals surface area contributed by atoms with Crippen molar-refractivity contribution in [2.24, 2.45) is 10.7 Å². The Morgan fingerprint density at radius 3 is 2.57 bits per heavy atom. The molecule has 1 aliphatic heterocycles. The largest absolute Gasteiger partial charge is 0.416 e. The molecule has 0 bridgehead atoms. The van der Waals surface area contributed by atoms with Crippen LogP contribution in [0.3, 0.4) is 0 Å². The SMILES string of the molecule is NC=C(C=NC1CC1)[C@@H]1C[C@H](c2nc(-c3ccc(C(F)(F)F)cc3F)c3sc(C4CC4)nc3n2)CCO1. The maximum atomic E-state index is 15.1. The second kappa shape index (κ2) is 9.43. The number of ether oxygens (including phenoxy) is 1. The smallest absolute Gasteiger partial charge is 0.404 e. The minimum Gasteiger partial charge on any atom is -0.404 e. The highest BCUT2D eigenvalue weighted by atomic mass is 32.1. The Bertz CT molecular complexity index is 1390. The number of fused-ring (bicyclic) bond motifs is 1. The molecule has 3 fully saturated rings. The van der Waals surface area contributed by atoms with Gasteiger partial charge in [-0.1, -0.05) is 0 Å². The standard InChI is InChI=1S/C26H25F4N5OS/c27-19-10-16(26(28,29)30)3-6-18(19)21-22-24(35-25(37-22)13-1-2-13)34-23(33-21)14-7-8-36-20(9-14)15(11-31)12-32-17-4-5-17/h3,6,10-14,17,20H,1-2,4-5,7-9,31H2/t14-,20+/m1/s1. The predicted octanol–water partition coefficient (Wildman–Crippen LogP) is 6.13. The van der Waals surface area contributed by atoms with Crippen LogP contribution < -0.4 is 5.73 Å². The van der Waals surface area contributed by atoms with Gasteiger partial charge in [-0.05, 0) is 56.7 Å². The van der Waals surface area contributed by atoms with Crippen LogP contribution >= 0.6 is 11.3 Å². The normalized spacial score (nSPS) is 23.3. The van der Waals surface area contributed by atoms with E-state index in [1.807, 2.05) is 0 Å². The Morgan fingerprint density at radius 2 is 1.89 bits per heavy atom. The second-order valence-corrected chi connectivity index (χ2v) is 10.9. The van der Waals surface area contributed by atoms with Crippen LogP contribution in [0.2, 0.25) is 0 Å². The first kappa shape index (κ1) is 24.4. The van der Waals surface area contributed by atoms with Crippen LogP contribution in [-0.2, 0) is 10.9 Å². The minimum absolute atomic E-state index is 0.00960. The molecule has 6 rings (SSSR count). The van der Waals surface area contributed by atoms with Crippen molar-refractivity contribution in [3.05, 3.63) is 52.2 Å². The molecule has 194 valence electrons. The number of rotatable bonds is 6. The first-order chi connectivity index (χ1) is 17.8. The summed E-state index contributed by atoms with van der Waals surface area (Å²) < 4.78 is 61.1. The van der Waals surface area contributed by atoms with Crippen LogP contribution in [0.25, 0.3) is 21.6 Å². The van der Waals surface area contributed by atoms with E-state index in [9.17, 15) is 13.2 Å². The summed E-state index contributed by atoms with van der Waals surface area (Å²) in [5, 5.41) is 0.907. The topological polar surface area (TPSA) is 86.3 Å². The van der Waals surface area contributed by atoms with Gasteiger partial charge in [-0.25, -0.2) is 19.3 Å². The zero-order valence-electron chi connectivity index (χ0n) is 19.8. The molecule has 3 aliphatic rings. The van der Waals surface area contributed by atoms with E-state index in [-0.39, 0.29) is 23.3 Å². The van der Waals surface area contributed by atoms with E-state index >= 15 is 4.39 Å². The van der Waals surface area contributed by atoms with Crippen molar-refractivity contribution in [2.75, 3.05) is 6.61 Å². The van der Waals surface area contributed by atoms with Crippen molar-refractivity contribution >= 4 is 27.9 Å². The Kier molecular flexibility index (Phi) is 6.22. The molecular weight excluding hydrogens is 506 g/mol.